The molecule has 0 radical (unpaired) electrons. The maximum atomic E-state index is 15.0. The molecule has 5 heterocycles. The van der Waals surface area contributed by atoms with E-state index in [0.717, 1.165) is 138 Å². The fraction of sp³-hybridized carbons (Fsp3) is 0.0316. The Morgan fingerprint density at radius 1 is 0.196 bits per heavy atom. The fourth-order valence-corrected chi connectivity index (χ4v) is 17.3. The molecule has 0 unspecified atom stereocenters. The summed E-state index contributed by atoms with van der Waals surface area (Å²) >= 11 is 0. The number of fused-ring (bicyclic) bond motifs is 18. The Balaban J connectivity index is 0.625. The normalized spacial score (nSPS) is 12.8. The molecule has 15 aromatic carbocycles. The number of rotatable bonds is 8. The van der Waals surface area contributed by atoms with Crippen molar-refractivity contribution in [2.24, 2.45) is 0 Å². The second kappa shape index (κ2) is 21.8. The molecule has 1 aliphatic carbocycles. The molecule has 0 saturated heterocycles. The number of hydrogen-bond acceptors (Lipinski definition) is 2. The number of nitrogens with zero attached hydrogens (tertiary/aromatic N) is 5. The Labute approximate surface area is 585 Å². The molecule has 0 atom stereocenters. The van der Waals surface area contributed by atoms with E-state index in [2.05, 4.69) is 319 Å². The van der Waals surface area contributed by atoms with Gasteiger partial charge >= 0.3 is 0 Å². The molecule has 7 nitrogen and oxygen atoms in total. The molecule has 5 aromatic heterocycles. The van der Waals surface area contributed by atoms with Gasteiger partial charge in [-0.05, 0) is 212 Å². The minimum absolute atomic E-state index is 0.0400. The van der Waals surface area contributed by atoms with Gasteiger partial charge in [-0.15, -0.1) is 0 Å². The van der Waals surface area contributed by atoms with E-state index >= 15 is 4.79 Å². The highest BCUT2D eigenvalue weighted by molar-refractivity contribution is 6.15. The monoisotopic (exact) mass is 1300 g/mol. The van der Waals surface area contributed by atoms with Crippen LogP contribution in [-0.2, 0) is 5.41 Å². The van der Waals surface area contributed by atoms with Gasteiger partial charge in [-0.25, -0.2) is 0 Å². The summed E-state index contributed by atoms with van der Waals surface area (Å²) in [6.07, 6.45) is 0. The summed E-state index contributed by atoms with van der Waals surface area (Å²) in [6.45, 7) is 4.68. The van der Waals surface area contributed by atoms with Crippen LogP contribution in [0.5, 0.6) is 0 Å². The van der Waals surface area contributed by atoms with Crippen LogP contribution < -0.4 is 11.1 Å². The van der Waals surface area contributed by atoms with Gasteiger partial charge in [0.05, 0.1) is 44.1 Å². The Bertz CT molecular complexity index is 7120. The molecule has 102 heavy (non-hydrogen) atoms. The average molecular weight is 1300 g/mol. The van der Waals surface area contributed by atoms with Gasteiger partial charge < -0.3 is 13.7 Å². The van der Waals surface area contributed by atoms with Gasteiger partial charge in [0.1, 0.15) is 0 Å². The lowest BCUT2D eigenvalue weighted by Gasteiger charge is -2.21. The molecule has 20 aromatic rings. The molecular weight excluding hydrogens is 1240 g/mol. The first kappa shape index (κ1) is 57.7. The molecule has 0 fully saturated rings. The summed E-state index contributed by atoms with van der Waals surface area (Å²) in [6, 6.07) is 119. The number of pyridine rings is 2. The Hall–Kier alpha value is -13.4. The van der Waals surface area contributed by atoms with Crippen LogP contribution in [0, 0.1) is 0 Å². The minimum atomic E-state index is -0.145. The SMILES string of the molecule is CC1(C)c2ccccc2-c2cc3c4ccccc4n(-c4ccc(-n5c(=O)c6ccccc6c6cc(-n7c8ccccc8c8cc(-c9cccc(-n%10c%11ccccc%11c%11cc(-c%12ccc(-n%13c(=O)c%14ccccc%14c%14cc(-c%15ccccc%15)ccc%14%13)cc%12)ccc%11%10)c9)ccc87)ccc65)cc4)c3cc21. The molecule has 0 aliphatic heterocycles. The van der Waals surface area contributed by atoms with E-state index in [0.29, 0.717) is 10.8 Å². The van der Waals surface area contributed by atoms with Crippen molar-refractivity contribution in [3.05, 3.63) is 365 Å². The number of para-hydroxylation sites is 3. The number of benzene rings is 15. The molecule has 0 N–H and O–H groups in total. The Morgan fingerprint density at radius 2 is 0.539 bits per heavy atom. The van der Waals surface area contributed by atoms with Gasteiger partial charge in [-0.3, -0.25) is 18.7 Å². The Kier molecular flexibility index (Phi) is 12.3. The highest BCUT2D eigenvalue weighted by Crippen LogP contribution is 2.51. The van der Waals surface area contributed by atoms with Crippen LogP contribution in [-0.4, -0.2) is 22.8 Å². The van der Waals surface area contributed by atoms with Gasteiger partial charge in [0, 0.05) is 87.7 Å². The van der Waals surface area contributed by atoms with Crippen molar-refractivity contribution in [1.82, 2.24) is 22.8 Å². The smallest absolute Gasteiger partial charge is 0.263 e. The zero-order valence-electron chi connectivity index (χ0n) is 55.8. The van der Waals surface area contributed by atoms with Crippen LogP contribution in [0.1, 0.15) is 25.0 Å². The first-order valence-corrected chi connectivity index (χ1v) is 35.0. The van der Waals surface area contributed by atoms with Gasteiger partial charge in [-0.1, -0.05) is 202 Å². The van der Waals surface area contributed by atoms with E-state index in [-0.39, 0.29) is 16.5 Å². The third-order valence-electron chi connectivity index (χ3n) is 22.1. The molecule has 0 spiro atoms. The van der Waals surface area contributed by atoms with Crippen molar-refractivity contribution in [3.8, 4) is 72.9 Å². The van der Waals surface area contributed by atoms with E-state index in [1.807, 2.05) is 51.6 Å². The zero-order valence-corrected chi connectivity index (χ0v) is 55.8. The van der Waals surface area contributed by atoms with Crippen LogP contribution in [0.2, 0.25) is 0 Å². The zero-order chi connectivity index (χ0) is 67.6. The average Bonchev–Trinajstić information content (AvgIpc) is 1.50. The minimum Gasteiger partial charge on any atom is -0.309 e. The summed E-state index contributed by atoms with van der Waals surface area (Å²) < 4.78 is 10.9. The first-order chi connectivity index (χ1) is 50.2. The number of aromatic nitrogens is 5. The van der Waals surface area contributed by atoms with Crippen LogP contribution in [0.25, 0.3) is 182 Å². The fourth-order valence-electron chi connectivity index (χ4n) is 17.3. The molecule has 0 bridgehead atoms. The predicted molar refractivity (Wildman–Crippen MR) is 425 cm³/mol. The highest BCUT2D eigenvalue weighted by atomic mass is 16.1. The summed E-state index contributed by atoms with van der Waals surface area (Å²) in [5.74, 6) is 0. The molecular formula is C95H61N5O2. The highest BCUT2D eigenvalue weighted by Gasteiger charge is 2.36. The second-order valence-electron chi connectivity index (χ2n) is 27.9. The van der Waals surface area contributed by atoms with Crippen LogP contribution in [0.3, 0.4) is 0 Å². The maximum Gasteiger partial charge on any atom is 0.263 e. The van der Waals surface area contributed by atoms with Crippen molar-refractivity contribution in [2.45, 2.75) is 19.3 Å². The molecule has 21 rings (SSSR count). The van der Waals surface area contributed by atoms with Gasteiger partial charge in [0.25, 0.3) is 11.1 Å². The molecule has 0 saturated carbocycles. The topological polar surface area (TPSA) is 58.8 Å². The first-order valence-electron chi connectivity index (χ1n) is 35.0. The summed E-state index contributed by atoms with van der Waals surface area (Å²) in [7, 11) is 0. The molecule has 7 heteroatoms. The van der Waals surface area contributed by atoms with Crippen molar-refractivity contribution in [3.63, 3.8) is 0 Å². The summed E-state index contributed by atoms with van der Waals surface area (Å²) in [5, 5.41) is 12.3. The van der Waals surface area contributed by atoms with E-state index in [1.54, 1.807) is 0 Å². The van der Waals surface area contributed by atoms with Crippen molar-refractivity contribution >= 4 is 109 Å². The van der Waals surface area contributed by atoms with E-state index < -0.39 is 0 Å². The van der Waals surface area contributed by atoms with Crippen LogP contribution in [0.4, 0.5) is 0 Å². The Morgan fingerprint density at radius 3 is 1.10 bits per heavy atom. The lowest BCUT2D eigenvalue weighted by molar-refractivity contribution is 0.661. The van der Waals surface area contributed by atoms with Crippen molar-refractivity contribution in [1.29, 1.82) is 0 Å². The van der Waals surface area contributed by atoms with Crippen LogP contribution in [0.15, 0.2) is 343 Å². The molecule has 0 amide bonds. The summed E-state index contributed by atoms with van der Waals surface area (Å²) in [4.78, 5) is 29.5. The van der Waals surface area contributed by atoms with Crippen molar-refractivity contribution in [2.75, 3.05) is 0 Å². The quantitative estimate of drug-likeness (QED) is 0.142. The lowest BCUT2D eigenvalue weighted by Crippen LogP contribution is -2.19. The standard InChI is InChI=1S/C95H61N5O2/c1-95(2)83-31-14-10-25-71(83)77-56-82-74-28-13-15-32-85(74)96(92(82)57-84(77)95)64-42-44-66(45-43-64)100-91-50-46-68(55-81(91)70-24-7-9-30-76(70)94(100)102)98-87-34-17-12-27-73(87)80-54-63(39-48-89(80)98)60-21-18-22-67(51-60)97-86-33-16-11-26-72(86)79-53-62(37-47-88(79)97)59-35-40-65(41-36-59)99-90-49-38-61(58-19-4-3-5-20-58)52-78(90)69-23-6-8-29-75(69)93(99)101/h3-57H,1-2H3. The van der Waals surface area contributed by atoms with Gasteiger partial charge in [0.15, 0.2) is 0 Å². The lowest BCUT2D eigenvalue weighted by atomic mass is 9.82. The van der Waals surface area contributed by atoms with Crippen molar-refractivity contribution < 1.29 is 0 Å². The third kappa shape index (κ3) is 8.42. The van der Waals surface area contributed by atoms with Crippen LogP contribution >= 0.6 is 0 Å². The largest absolute Gasteiger partial charge is 0.309 e. The van der Waals surface area contributed by atoms with E-state index in [4.69, 9.17) is 0 Å². The van der Waals surface area contributed by atoms with E-state index in [9.17, 15) is 4.79 Å². The van der Waals surface area contributed by atoms with E-state index in [1.165, 1.54) is 43.9 Å². The molecule has 1 aliphatic rings. The predicted octanol–water partition coefficient (Wildman–Crippen LogP) is 23.2. The third-order valence-corrected chi connectivity index (χ3v) is 22.1. The second-order valence-corrected chi connectivity index (χ2v) is 27.9. The maximum absolute atomic E-state index is 15.0. The van der Waals surface area contributed by atoms with Gasteiger partial charge in [0.2, 0.25) is 0 Å². The van der Waals surface area contributed by atoms with Gasteiger partial charge in [-0.2, -0.15) is 0 Å². The summed E-state index contributed by atoms with van der Waals surface area (Å²) in [5.41, 5.74) is 24.9. The number of hydrogen-bond donors (Lipinski definition) is 0. The molecule has 478 valence electrons.